The van der Waals surface area contributed by atoms with E-state index >= 15 is 0 Å². The van der Waals surface area contributed by atoms with Gasteiger partial charge in [-0.15, -0.1) is 13.2 Å². The molecule has 0 radical (unpaired) electrons. The van der Waals surface area contributed by atoms with Crippen LogP contribution in [0, 0.1) is 0 Å². The molecule has 3 rings (SSSR count). The molecular weight excluding hydrogens is 318 g/mol. The Morgan fingerprint density at radius 1 is 0.769 bits per heavy atom. The Morgan fingerprint density at radius 2 is 1.31 bits per heavy atom. The fraction of sp³-hybridized carbons (Fsp3) is 0.0833. The Balaban J connectivity index is 2.01. The average Bonchev–Trinajstić information content (AvgIpc) is 2.70. The summed E-state index contributed by atoms with van der Waals surface area (Å²) in [7, 11) is 0. The second-order valence-electron chi connectivity index (χ2n) is 6.10. The molecule has 130 valence electrons. The molecule has 2 nitrogen and oxygen atoms in total. The predicted molar refractivity (Wildman–Crippen MR) is 110 cm³/mol. The molecule has 0 saturated carbocycles. The van der Waals surface area contributed by atoms with Crippen LogP contribution in [0.5, 0.6) is 0 Å². The fourth-order valence-corrected chi connectivity index (χ4v) is 2.93. The number of para-hydroxylation sites is 1. The third-order valence-corrected chi connectivity index (χ3v) is 4.31. The van der Waals surface area contributed by atoms with Gasteiger partial charge >= 0.3 is 0 Å². The van der Waals surface area contributed by atoms with Crippen LogP contribution < -0.4 is 4.90 Å². The third-order valence-electron chi connectivity index (χ3n) is 4.31. The highest BCUT2D eigenvalue weighted by atomic mass is 16.3. The number of hydrogen-bond donors (Lipinski definition) is 1. The Morgan fingerprint density at radius 3 is 1.85 bits per heavy atom. The van der Waals surface area contributed by atoms with Crippen LogP contribution in [0.4, 0.5) is 17.1 Å². The maximum atomic E-state index is 9.93. The maximum Gasteiger partial charge on any atom is 0.0969 e. The van der Waals surface area contributed by atoms with Gasteiger partial charge in [0.1, 0.15) is 0 Å². The van der Waals surface area contributed by atoms with E-state index in [2.05, 4.69) is 54.5 Å². The zero-order chi connectivity index (χ0) is 18.4. The van der Waals surface area contributed by atoms with E-state index in [-0.39, 0.29) is 0 Å². The van der Waals surface area contributed by atoms with E-state index in [0.29, 0.717) is 0 Å². The van der Waals surface area contributed by atoms with Crippen molar-refractivity contribution in [2.45, 2.75) is 12.5 Å². The van der Waals surface area contributed by atoms with E-state index in [1.54, 1.807) is 0 Å². The standard InChI is InChI=1S/C24H23NO/c1-3-8-19-11-15-22(16-12-19)25(21-9-6-5-7-10-21)23-17-13-20(14-18-23)24(26)4-2/h3-7,9-18,24,26H,1-2,8H2. The molecule has 0 aliphatic heterocycles. The zero-order valence-corrected chi connectivity index (χ0v) is 14.8. The summed E-state index contributed by atoms with van der Waals surface area (Å²) in [5.41, 5.74) is 5.27. The highest BCUT2D eigenvalue weighted by Gasteiger charge is 2.12. The molecule has 1 atom stereocenters. The molecular formula is C24H23NO. The van der Waals surface area contributed by atoms with Gasteiger partial charge in [0.05, 0.1) is 6.10 Å². The molecule has 0 aromatic heterocycles. The van der Waals surface area contributed by atoms with Crippen molar-refractivity contribution in [3.63, 3.8) is 0 Å². The summed E-state index contributed by atoms with van der Waals surface area (Å²) in [6, 6.07) is 26.7. The normalized spacial score (nSPS) is 11.6. The van der Waals surface area contributed by atoms with E-state index in [1.165, 1.54) is 11.6 Å². The summed E-state index contributed by atoms with van der Waals surface area (Å²) in [4.78, 5) is 2.20. The Labute approximate surface area is 155 Å². The summed E-state index contributed by atoms with van der Waals surface area (Å²) >= 11 is 0. The quantitative estimate of drug-likeness (QED) is 0.525. The number of rotatable bonds is 7. The number of aliphatic hydroxyl groups is 1. The van der Waals surface area contributed by atoms with Crippen molar-refractivity contribution in [3.8, 4) is 0 Å². The number of hydrogen-bond acceptors (Lipinski definition) is 2. The molecule has 1 unspecified atom stereocenters. The van der Waals surface area contributed by atoms with Crippen LogP contribution >= 0.6 is 0 Å². The number of allylic oxidation sites excluding steroid dienone is 1. The summed E-state index contributed by atoms with van der Waals surface area (Å²) in [6.45, 7) is 7.45. The Kier molecular flexibility index (Phi) is 5.67. The molecule has 3 aromatic carbocycles. The van der Waals surface area contributed by atoms with E-state index < -0.39 is 6.10 Å². The fourth-order valence-electron chi connectivity index (χ4n) is 2.93. The van der Waals surface area contributed by atoms with E-state index in [9.17, 15) is 5.11 Å². The van der Waals surface area contributed by atoms with E-state index in [0.717, 1.165) is 29.0 Å². The molecule has 0 amide bonds. The molecule has 0 aliphatic rings. The highest BCUT2D eigenvalue weighted by Crippen LogP contribution is 2.35. The van der Waals surface area contributed by atoms with Crippen molar-refractivity contribution in [3.05, 3.63) is 115 Å². The molecule has 0 heterocycles. The smallest absolute Gasteiger partial charge is 0.0969 e. The lowest BCUT2D eigenvalue weighted by Crippen LogP contribution is -2.10. The molecule has 0 saturated heterocycles. The molecule has 3 aromatic rings. The van der Waals surface area contributed by atoms with Crippen molar-refractivity contribution in [2.75, 3.05) is 4.90 Å². The van der Waals surface area contributed by atoms with Gasteiger partial charge in [0.15, 0.2) is 0 Å². The highest BCUT2D eigenvalue weighted by molar-refractivity contribution is 5.76. The van der Waals surface area contributed by atoms with Gasteiger partial charge in [0.2, 0.25) is 0 Å². The lowest BCUT2D eigenvalue weighted by molar-refractivity contribution is 0.229. The summed E-state index contributed by atoms with van der Waals surface area (Å²) < 4.78 is 0. The summed E-state index contributed by atoms with van der Waals surface area (Å²) in [6.07, 6.45) is 3.66. The van der Waals surface area contributed by atoms with Gasteiger partial charge in [-0.3, -0.25) is 0 Å². The van der Waals surface area contributed by atoms with Gasteiger partial charge in [-0.25, -0.2) is 0 Å². The van der Waals surface area contributed by atoms with Gasteiger partial charge in [0, 0.05) is 17.1 Å². The van der Waals surface area contributed by atoms with Gasteiger partial charge < -0.3 is 10.0 Å². The van der Waals surface area contributed by atoms with Crippen LogP contribution in [0.25, 0.3) is 0 Å². The van der Waals surface area contributed by atoms with Crippen molar-refractivity contribution >= 4 is 17.1 Å². The molecule has 0 spiro atoms. The zero-order valence-electron chi connectivity index (χ0n) is 14.8. The van der Waals surface area contributed by atoms with E-state index in [4.69, 9.17) is 0 Å². The SMILES string of the molecule is C=CCc1ccc(N(c2ccccc2)c2ccc(C(O)C=C)cc2)cc1. The number of anilines is 3. The topological polar surface area (TPSA) is 23.5 Å². The first-order chi connectivity index (χ1) is 12.7. The largest absolute Gasteiger partial charge is 0.384 e. The van der Waals surface area contributed by atoms with Crippen molar-refractivity contribution in [1.82, 2.24) is 0 Å². The average molecular weight is 341 g/mol. The maximum absolute atomic E-state index is 9.93. The number of aliphatic hydroxyl groups excluding tert-OH is 1. The second-order valence-corrected chi connectivity index (χ2v) is 6.10. The number of nitrogens with zero attached hydrogens (tertiary/aromatic N) is 1. The lowest BCUT2D eigenvalue weighted by atomic mass is 10.1. The van der Waals surface area contributed by atoms with Crippen LogP contribution in [0.3, 0.4) is 0 Å². The van der Waals surface area contributed by atoms with E-state index in [1.807, 2.05) is 48.5 Å². The van der Waals surface area contributed by atoms with Crippen molar-refractivity contribution in [2.24, 2.45) is 0 Å². The van der Waals surface area contributed by atoms with Gasteiger partial charge in [-0.2, -0.15) is 0 Å². The summed E-state index contributed by atoms with van der Waals surface area (Å²) in [5.74, 6) is 0. The van der Waals surface area contributed by atoms with Crippen molar-refractivity contribution in [1.29, 1.82) is 0 Å². The first kappa shape index (κ1) is 17.7. The minimum Gasteiger partial charge on any atom is -0.384 e. The predicted octanol–water partition coefficient (Wildman–Crippen LogP) is 6.10. The van der Waals surface area contributed by atoms with Gasteiger partial charge in [-0.05, 0) is 53.9 Å². The molecule has 0 fully saturated rings. The summed E-state index contributed by atoms with van der Waals surface area (Å²) in [5, 5.41) is 9.93. The monoisotopic (exact) mass is 341 g/mol. The molecule has 0 bridgehead atoms. The molecule has 26 heavy (non-hydrogen) atoms. The minimum atomic E-state index is -0.646. The molecule has 2 heteroatoms. The first-order valence-corrected chi connectivity index (χ1v) is 8.68. The molecule has 1 N–H and O–H groups in total. The van der Waals surface area contributed by atoms with Crippen LogP contribution in [0.1, 0.15) is 17.2 Å². The second kappa shape index (κ2) is 8.32. The molecule has 0 aliphatic carbocycles. The van der Waals surface area contributed by atoms with Crippen LogP contribution in [-0.4, -0.2) is 5.11 Å². The minimum absolute atomic E-state index is 0.646. The van der Waals surface area contributed by atoms with Gasteiger partial charge in [-0.1, -0.05) is 54.6 Å². The Bertz CT molecular complexity index is 851. The first-order valence-electron chi connectivity index (χ1n) is 8.68. The van der Waals surface area contributed by atoms with Crippen LogP contribution in [0.15, 0.2) is 104 Å². The van der Waals surface area contributed by atoms with Crippen LogP contribution in [0.2, 0.25) is 0 Å². The lowest BCUT2D eigenvalue weighted by Gasteiger charge is -2.26. The van der Waals surface area contributed by atoms with Gasteiger partial charge in [0.25, 0.3) is 0 Å². The number of benzene rings is 3. The van der Waals surface area contributed by atoms with Crippen molar-refractivity contribution < 1.29 is 5.11 Å². The third kappa shape index (κ3) is 3.93. The van der Waals surface area contributed by atoms with Crippen LogP contribution in [-0.2, 0) is 6.42 Å². The Hall–Kier alpha value is -3.10.